The summed E-state index contributed by atoms with van der Waals surface area (Å²) in [5, 5.41) is 7.70. The van der Waals surface area contributed by atoms with Gasteiger partial charge < -0.3 is 5.32 Å². The summed E-state index contributed by atoms with van der Waals surface area (Å²) in [6, 6.07) is 1.85. The molecule has 2 aromatic heterocycles. The molecule has 0 atom stereocenters. The largest absolute Gasteiger partial charge is 0.317 e. The molecule has 0 radical (unpaired) electrons. The number of rotatable bonds is 7. The Kier molecular flexibility index (Phi) is 4.84. The van der Waals surface area contributed by atoms with Crippen molar-refractivity contribution in [1.82, 2.24) is 25.1 Å². The molecule has 5 nitrogen and oxygen atoms in total. The molecular weight excluding hydrogens is 226 g/mol. The van der Waals surface area contributed by atoms with Crippen molar-refractivity contribution in [2.45, 2.75) is 26.2 Å². The number of aromatic nitrogens is 4. The van der Waals surface area contributed by atoms with Crippen LogP contribution in [-0.4, -0.2) is 32.8 Å². The van der Waals surface area contributed by atoms with Crippen LogP contribution >= 0.6 is 0 Å². The molecule has 0 unspecified atom stereocenters. The van der Waals surface area contributed by atoms with E-state index >= 15 is 0 Å². The molecule has 0 spiro atoms. The average Bonchev–Trinajstić information content (AvgIpc) is 2.88. The van der Waals surface area contributed by atoms with Gasteiger partial charge in [-0.25, -0.2) is 14.6 Å². The van der Waals surface area contributed by atoms with Gasteiger partial charge in [0.05, 0.1) is 6.20 Å². The first kappa shape index (κ1) is 12.7. The zero-order valence-electron chi connectivity index (χ0n) is 10.7. The number of nitrogens with zero attached hydrogens (tertiary/aromatic N) is 4. The molecule has 0 aromatic carbocycles. The van der Waals surface area contributed by atoms with Crippen molar-refractivity contribution in [1.29, 1.82) is 0 Å². The van der Waals surface area contributed by atoms with E-state index in [0.717, 1.165) is 31.7 Å². The van der Waals surface area contributed by atoms with E-state index in [1.807, 2.05) is 18.5 Å². The highest BCUT2D eigenvalue weighted by atomic mass is 15.3. The Balaban J connectivity index is 1.83. The number of hydrogen-bond acceptors (Lipinski definition) is 4. The van der Waals surface area contributed by atoms with E-state index in [2.05, 4.69) is 27.3 Å². The molecule has 0 fully saturated rings. The van der Waals surface area contributed by atoms with Crippen molar-refractivity contribution in [2.75, 3.05) is 13.1 Å². The van der Waals surface area contributed by atoms with Gasteiger partial charge in [-0.15, -0.1) is 0 Å². The van der Waals surface area contributed by atoms with Gasteiger partial charge in [0.1, 0.15) is 6.33 Å². The predicted octanol–water partition coefficient (Wildman–Crippen LogP) is 1.59. The molecule has 0 saturated heterocycles. The summed E-state index contributed by atoms with van der Waals surface area (Å²) in [5.41, 5.74) is 1.24. The van der Waals surface area contributed by atoms with Crippen LogP contribution in [0.3, 0.4) is 0 Å². The van der Waals surface area contributed by atoms with E-state index < -0.39 is 0 Å². The van der Waals surface area contributed by atoms with Crippen molar-refractivity contribution < 1.29 is 0 Å². The third kappa shape index (κ3) is 3.63. The predicted molar refractivity (Wildman–Crippen MR) is 70.6 cm³/mol. The van der Waals surface area contributed by atoms with Crippen LogP contribution in [0.25, 0.3) is 5.82 Å². The Morgan fingerprint density at radius 3 is 3.06 bits per heavy atom. The van der Waals surface area contributed by atoms with Crippen molar-refractivity contribution >= 4 is 0 Å². The molecule has 0 aliphatic carbocycles. The van der Waals surface area contributed by atoms with Crippen molar-refractivity contribution in [2.24, 2.45) is 0 Å². The average molecular weight is 245 g/mol. The Labute approximate surface area is 107 Å². The van der Waals surface area contributed by atoms with Gasteiger partial charge in [-0.1, -0.05) is 6.92 Å². The van der Waals surface area contributed by atoms with Crippen LogP contribution in [0, 0.1) is 0 Å². The Bertz CT molecular complexity index is 451. The molecule has 18 heavy (non-hydrogen) atoms. The van der Waals surface area contributed by atoms with E-state index in [9.17, 15) is 0 Å². The highest BCUT2D eigenvalue weighted by molar-refractivity contribution is 5.20. The molecule has 2 aromatic rings. The lowest BCUT2D eigenvalue weighted by Gasteiger charge is -2.01. The van der Waals surface area contributed by atoms with Gasteiger partial charge in [0.25, 0.3) is 0 Å². The molecule has 0 aliphatic heterocycles. The summed E-state index contributed by atoms with van der Waals surface area (Å²) in [6.45, 7) is 4.34. The second-order valence-electron chi connectivity index (χ2n) is 4.21. The van der Waals surface area contributed by atoms with Crippen molar-refractivity contribution in [3.63, 3.8) is 0 Å². The molecule has 2 heterocycles. The van der Waals surface area contributed by atoms with Gasteiger partial charge in [0, 0.05) is 18.5 Å². The summed E-state index contributed by atoms with van der Waals surface area (Å²) < 4.78 is 1.79. The normalized spacial score (nSPS) is 10.7. The van der Waals surface area contributed by atoms with E-state index in [0.29, 0.717) is 0 Å². The van der Waals surface area contributed by atoms with Crippen LogP contribution in [0.5, 0.6) is 0 Å². The molecule has 0 bridgehead atoms. The number of aryl methyl sites for hydroxylation is 1. The first-order valence-electron chi connectivity index (χ1n) is 6.41. The first-order chi connectivity index (χ1) is 8.90. The molecule has 2 rings (SSSR count). The second-order valence-corrected chi connectivity index (χ2v) is 4.21. The number of nitrogens with one attached hydrogen (secondary N) is 1. The van der Waals surface area contributed by atoms with Gasteiger partial charge in [0.15, 0.2) is 5.82 Å². The minimum absolute atomic E-state index is 0.806. The molecule has 96 valence electrons. The van der Waals surface area contributed by atoms with Gasteiger partial charge in [-0.3, -0.25) is 0 Å². The monoisotopic (exact) mass is 245 g/mol. The van der Waals surface area contributed by atoms with Crippen LogP contribution in [-0.2, 0) is 6.42 Å². The topological polar surface area (TPSA) is 55.6 Å². The van der Waals surface area contributed by atoms with Gasteiger partial charge in [-0.05, 0) is 37.9 Å². The zero-order chi connectivity index (χ0) is 12.6. The van der Waals surface area contributed by atoms with Crippen LogP contribution < -0.4 is 5.32 Å². The summed E-state index contributed by atoms with van der Waals surface area (Å²) in [5.74, 6) is 0.806. The van der Waals surface area contributed by atoms with E-state index in [4.69, 9.17) is 0 Å². The molecule has 0 amide bonds. The van der Waals surface area contributed by atoms with E-state index in [-0.39, 0.29) is 0 Å². The van der Waals surface area contributed by atoms with Crippen molar-refractivity contribution in [3.8, 4) is 5.82 Å². The van der Waals surface area contributed by atoms with Gasteiger partial charge in [0.2, 0.25) is 0 Å². The summed E-state index contributed by atoms with van der Waals surface area (Å²) in [4.78, 5) is 8.06. The second kappa shape index (κ2) is 6.86. The molecule has 5 heteroatoms. The summed E-state index contributed by atoms with van der Waals surface area (Å²) in [7, 11) is 0. The SMILES string of the molecule is CCCNCCCc1cnn(-c2ccncn2)c1. The van der Waals surface area contributed by atoms with Gasteiger partial charge in [-0.2, -0.15) is 5.10 Å². The van der Waals surface area contributed by atoms with Crippen LogP contribution in [0.1, 0.15) is 25.3 Å². The Hall–Kier alpha value is -1.75. The standard InChI is InChI=1S/C13H19N5/c1-2-6-14-7-3-4-12-9-17-18(10-12)13-5-8-15-11-16-13/h5,8-11,14H,2-4,6-7H2,1H3. The van der Waals surface area contributed by atoms with Crippen molar-refractivity contribution in [3.05, 3.63) is 36.5 Å². The van der Waals surface area contributed by atoms with E-state index in [1.54, 1.807) is 10.9 Å². The maximum atomic E-state index is 4.31. The number of hydrogen-bond donors (Lipinski definition) is 1. The Morgan fingerprint density at radius 1 is 1.33 bits per heavy atom. The third-order valence-electron chi connectivity index (χ3n) is 2.68. The molecular formula is C13H19N5. The summed E-state index contributed by atoms with van der Waals surface area (Å²) >= 11 is 0. The quantitative estimate of drug-likeness (QED) is 0.753. The lowest BCUT2D eigenvalue weighted by atomic mass is 10.2. The lowest BCUT2D eigenvalue weighted by molar-refractivity contribution is 0.640. The van der Waals surface area contributed by atoms with E-state index in [1.165, 1.54) is 18.3 Å². The smallest absolute Gasteiger partial charge is 0.156 e. The van der Waals surface area contributed by atoms with Gasteiger partial charge >= 0.3 is 0 Å². The maximum absolute atomic E-state index is 4.31. The molecule has 0 aliphatic rings. The zero-order valence-corrected chi connectivity index (χ0v) is 10.7. The van der Waals surface area contributed by atoms with Crippen LogP contribution in [0.4, 0.5) is 0 Å². The lowest BCUT2D eigenvalue weighted by Crippen LogP contribution is -2.16. The first-order valence-corrected chi connectivity index (χ1v) is 6.41. The minimum Gasteiger partial charge on any atom is -0.317 e. The Morgan fingerprint density at radius 2 is 2.28 bits per heavy atom. The minimum atomic E-state index is 0.806. The fraction of sp³-hybridized carbons (Fsp3) is 0.462. The third-order valence-corrected chi connectivity index (χ3v) is 2.68. The summed E-state index contributed by atoms with van der Waals surface area (Å²) in [6.07, 6.45) is 10.6. The fourth-order valence-electron chi connectivity index (χ4n) is 1.75. The van der Waals surface area contributed by atoms with Crippen LogP contribution in [0.15, 0.2) is 31.0 Å². The van der Waals surface area contributed by atoms with Crippen LogP contribution in [0.2, 0.25) is 0 Å². The highest BCUT2D eigenvalue weighted by Crippen LogP contribution is 2.05. The fourth-order valence-corrected chi connectivity index (χ4v) is 1.75. The highest BCUT2D eigenvalue weighted by Gasteiger charge is 2.01. The molecule has 1 N–H and O–H groups in total. The molecule has 0 saturated carbocycles. The maximum Gasteiger partial charge on any atom is 0.156 e.